The van der Waals surface area contributed by atoms with Crippen LogP contribution in [0.1, 0.15) is 12.8 Å². The van der Waals surface area contributed by atoms with Gasteiger partial charge in [-0.05, 0) is 25.9 Å². The molecule has 0 bridgehead atoms. The highest BCUT2D eigenvalue weighted by molar-refractivity contribution is 5.02. The topological polar surface area (TPSA) is 41.0 Å². The molecule has 0 aromatic carbocycles. The van der Waals surface area contributed by atoms with Crippen LogP contribution in [0.4, 0.5) is 0 Å². The molecule has 0 spiro atoms. The van der Waals surface area contributed by atoms with Crippen LogP contribution in [0.2, 0.25) is 0 Å². The number of aromatic amines is 1. The Morgan fingerprint density at radius 2 is 2.00 bits per heavy atom. The molecule has 1 aromatic heterocycles. The number of nitrogens with zero attached hydrogens (tertiary/aromatic N) is 2. The van der Waals surface area contributed by atoms with E-state index in [1.165, 1.54) is 25.9 Å². The Morgan fingerprint density at radius 1 is 1.27 bits per heavy atom. The minimum atomic E-state index is -0.0922. The van der Waals surface area contributed by atoms with E-state index in [0.29, 0.717) is 6.54 Å². The third-order valence-electron chi connectivity index (χ3n) is 2.60. The zero-order valence-electron chi connectivity index (χ0n) is 8.70. The lowest BCUT2D eigenvalue weighted by atomic mass is 10.4. The van der Waals surface area contributed by atoms with Crippen LogP contribution in [0.5, 0.6) is 0 Å². The molecule has 4 heteroatoms. The summed E-state index contributed by atoms with van der Waals surface area (Å²) in [5, 5.41) is 0. The molecule has 0 atom stereocenters. The van der Waals surface area contributed by atoms with Gasteiger partial charge in [0.25, 0.3) is 0 Å². The number of H-pyrrole nitrogens is 1. The second-order valence-corrected chi connectivity index (χ2v) is 3.73. The fourth-order valence-corrected chi connectivity index (χ4v) is 1.72. The van der Waals surface area contributed by atoms with Crippen molar-refractivity contribution in [3.63, 3.8) is 0 Å². The van der Waals surface area contributed by atoms with Gasteiger partial charge in [-0.25, -0.2) is 4.79 Å². The van der Waals surface area contributed by atoms with Gasteiger partial charge in [-0.2, -0.15) is 0 Å². The molecule has 0 saturated carbocycles. The van der Waals surface area contributed by atoms with Crippen LogP contribution in [-0.4, -0.2) is 34.1 Å². The van der Waals surface area contributed by atoms with E-state index >= 15 is 0 Å². The zero-order chi connectivity index (χ0) is 10.5. The smallest absolute Gasteiger partial charge is 0.313 e. The summed E-state index contributed by atoms with van der Waals surface area (Å²) in [6, 6.07) is 0. The van der Waals surface area contributed by atoms with E-state index in [1.54, 1.807) is 17.0 Å². The van der Waals surface area contributed by atoms with Gasteiger partial charge >= 0.3 is 5.69 Å². The molecule has 1 aromatic rings. The molecule has 4 nitrogen and oxygen atoms in total. The first-order valence-corrected chi connectivity index (χ1v) is 5.28. The lowest BCUT2D eigenvalue weighted by Gasteiger charge is -2.08. The average molecular weight is 205 g/mol. The number of hydrogen-bond acceptors (Lipinski definition) is 2. The molecule has 2 rings (SSSR count). The van der Waals surface area contributed by atoms with Gasteiger partial charge in [0.2, 0.25) is 0 Å². The molecule has 2 heterocycles. The van der Waals surface area contributed by atoms with Crippen LogP contribution in [0.15, 0.2) is 17.2 Å². The standard InChI is InChI=1S/C11H15N3O/c15-11-12-5-10-14(11)9-4-3-8-13-6-1-2-7-13/h5,10H,1-2,6-9H2,(H,12,15). The summed E-state index contributed by atoms with van der Waals surface area (Å²) in [5.74, 6) is 6.10. The Balaban J connectivity index is 1.80. The van der Waals surface area contributed by atoms with E-state index in [2.05, 4.69) is 21.7 Å². The number of nitrogens with one attached hydrogen (secondary N) is 1. The molecule has 0 unspecified atom stereocenters. The second-order valence-electron chi connectivity index (χ2n) is 3.73. The number of hydrogen-bond donors (Lipinski definition) is 1. The number of rotatable bonds is 2. The lowest BCUT2D eigenvalue weighted by molar-refractivity contribution is 0.383. The van der Waals surface area contributed by atoms with Gasteiger partial charge in [0.15, 0.2) is 0 Å². The second kappa shape index (κ2) is 4.85. The third-order valence-corrected chi connectivity index (χ3v) is 2.60. The van der Waals surface area contributed by atoms with Gasteiger partial charge < -0.3 is 4.98 Å². The molecule has 0 radical (unpaired) electrons. The van der Waals surface area contributed by atoms with Crippen molar-refractivity contribution in [1.82, 2.24) is 14.5 Å². The van der Waals surface area contributed by atoms with Crippen molar-refractivity contribution in [2.24, 2.45) is 0 Å². The fourth-order valence-electron chi connectivity index (χ4n) is 1.72. The van der Waals surface area contributed by atoms with Crippen molar-refractivity contribution in [2.45, 2.75) is 19.4 Å². The van der Waals surface area contributed by atoms with Crippen LogP contribution in [0, 0.1) is 11.8 Å². The maximum absolute atomic E-state index is 11.1. The average Bonchev–Trinajstić information content (AvgIpc) is 2.85. The highest BCUT2D eigenvalue weighted by Gasteiger charge is 2.08. The predicted octanol–water partition coefficient (Wildman–Crippen LogP) is 0.276. The minimum absolute atomic E-state index is 0.0922. The summed E-state index contributed by atoms with van der Waals surface area (Å²) in [7, 11) is 0. The van der Waals surface area contributed by atoms with Crippen molar-refractivity contribution in [1.29, 1.82) is 0 Å². The van der Waals surface area contributed by atoms with E-state index in [1.807, 2.05) is 0 Å². The zero-order valence-corrected chi connectivity index (χ0v) is 8.70. The Bertz CT molecular complexity index is 415. The quantitative estimate of drug-likeness (QED) is 0.704. The molecule has 0 amide bonds. The number of aromatic nitrogens is 2. The first-order valence-electron chi connectivity index (χ1n) is 5.28. The maximum atomic E-state index is 11.1. The molecule has 1 saturated heterocycles. The largest absolute Gasteiger partial charge is 0.326 e. The molecule has 1 N–H and O–H groups in total. The van der Waals surface area contributed by atoms with Crippen molar-refractivity contribution in [2.75, 3.05) is 19.6 Å². The maximum Gasteiger partial charge on any atom is 0.326 e. The first kappa shape index (κ1) is 10.1. The number of imidazole rings is 1. The molecule has 1 fully saturated rings. The molecule has 0 aliphatic carbocycles. The van der Waals surface area contributed by atoms with Crippen LogP contribution in [0.3, 0.4) is 0 Å². The highest BCUT2D eigenvalue weighted by atomic mass is 16.1. The minimum Gasteiger partial charge on any atom is -0.313 e. The van der Waals surface area contributed by atoms with Gasteiger partial charge in [-0.3, -0.25) is 9.47 Å². The van der Waals surface area contributed by atoms with E-state index in [0.717, 1.165) is 6.54 Å². The molecular formula is C11H15N3O. The molecule has 80 valence electrons. The summed E-state index contributed by atoms with van der Waals surface area (Å²) < 4.78 is 1.57. The summed E-state index contributed by atoms with van der Waals surface area (Å²) in [6.07, 6.45) is 5.93. The van der Waals surface area contributed by atoms with Gasteiger partial charge in [0, 0.05) is 12.4 Å². The van der Waals surface area contributed by atoms with Gasteiger partial charge in [0.1, 0.15) is 0 Å². The van der Waals surface area contributed by atoms with E-state index < -0.39 is 0 Å². The van der Waals surface area contributed by atoms with Gasteiger partial charge in [0.05, 0.1) is 13.1 Å². The molecule has 1 aliphatic heterocycles. The third kappa shape index (κ3) is 2.74. The SMILES string of the molecule is O=c1[nH]ccn1CC#CCN1CCCC1. The first-order chi connectivity index (χ1) is 7.36. The Morgan fingerprint density at radius 3 is 2.67 bits per heavy atom. The van der Waals surface area contributed by atoms with E-state index in [-0.39, 0.29) is 5.69 Å². The Kier molecular flexibility index (Phi) is 3.25. The molecular weight excluding hydrogens is 190 g/mol. The van der Waals surface area contributed by atoms with E-state index in [4.69, 9.17) is 0 Å². The van der Waals surface area contributed by atoms with Gasteiger partial charge in [-0.1, -0.05) is 11.8 Å². The number of likely N-dealkylation sites (tertiary alicyclic amines) is 1. The Labute approximate surface area is 88.9 Å². The normalized spacial score (nSPS) is 16.3. The van der Waals surface area contributed by atoms with Crippen molar-refractivity contribution < 1.29 is 0 Å². The van der Waals surface area contributed by atoms with Crippen LogP contribution >= 0.6 is 0 Å². The van der Waals surface area contributed by atoms with Crippen molar-refractivity contribution >= 4 is 0 Å². The summed E-state index contributed by atoms with van der Waals surface area (Å²) in [6.45, 7) is 3.65. The van der Waals surface area contributed by atoms with Crippen LogP contribution < -0.4 is 5.69 Å². The molecule has 1 aliphatic rings. The van der Waals surface area contributed by atoms with Gasteiger partial charge in [-0.15, -0.1) is 0 Å². The summed E-state index contributed by atoms with van der Waals surface area (Å²) in [5.41, 5.74) is -0.0922. The van der Waals surface area contributed by atoms with Crippen LogP contribution in [0.25, 0.3) is 0 Å². The fraction of sp³-hybridized carbons (Fsp3) is 0.545. The van der Waals surface area contributed by atoms with Crippen molar-refractivity contribution in [3.05, 3.63) is 22.9 Å². The Hall–Kier alpha value is -1.47. The molecule has 15 heavy (non-hydrogen) atoms. The van der Waals surface area contributed by atoms with Crippen LogP contribution in [-0.2, 0) is 6.54 Å². The highest BCUT2D eigenvalue weighted by Crippen LogP contribution is 2.05. The predicted molar refractivity (Wildman–Crippen MR) is 58.5 cm³/mol. The summed E-state index contributed by atoms with van der Waals surface area (Å²) in [4.78, 5) is 16.0. The summed E-state index contributed by atoms with van der Waals surface area (Å²) >= 11 is 0. The monoisotopic (exact) mass is 205 g/mol. The van der Waals surface area contributed by atoms with Crippen molar-refractivity contribution in [3.8, 4) is 11.8 Å². The lowest BCUT2D eigenvalue weighted by Crippen LogP contribution is -2.19. The van der Waals surface area contributed by atoms with E-state index in [9.17, 15) is 4.79 Å².